The highest BCUT2D eigenvalue weighted by Gasteiger charge is 2.07. The van der Waals surface area contributed by atoms with E-state index in [0.29, 0.717) is 18.7 Å². The molecule has 0 saturated carbocycles. The normalized spacial score (nSPS) is 11.5. The zero-order chi connectivity index (χ0) is 22.1. The molecule has 0 radical (unpaired) electrons. The highest BCUT2D eigenvalue weighted by atomic mass is 35.5. The van der Waals surface area contributed by atoms with Gasteiger partial charge in [-0.1, -0.05) is 78.4 Å². The minimum atomic E-state index is -0.417. The summed E-state index contributed by atoms with van der Waals surface area (Å²) in [5.41, 5.74) is 5.78. The molecule has 0 aliphatic rings. The standard InChI is InChI=1S/C24H23ClN4O2/c25-22-15-21(12-13-23(22)30)24(31)28-27-16-19-10-8-18(9-11-19)7-4-14-29(26)17-20-5-2-1-3-6-20/h1-13,15-16,30H,14,17,26H2,(H,28,31). The smallest absolute Gasteiger partial charge is 0.271 e. The van der Waals surface area contributed by atoms with Crippen LogP contribution in [0.3, 0.4) is 0 Å². The molecule has 3 aromatic rings. The number of phenolic OH excluding ortho intramolecular Hbond substituents is 1. The Morgan fingerprint density at radius 2 is 1.77 bits per heavy atom. The average Bonchev–Trinajstić information content (AvgIpc) is 2.77. The van der Waals surface area contributed by atoms with Crippen molar-refractivity contribution >= 4 is 29.8 Å². The molecule has 0 saturated heterocycles. The number of carbonyl (C=O) groups excluding carboxylic acids is 1. The molecule has 0 aliphatic carbocycles. The lowest BCUT2D eigenvalue weighted by atomic mass is 10.1. The Kier molecular flexibility index (Phi) is 7.95. The summed E-state index contributed by atoms with van der Waals surface area (Å²) in [6.45, 7) is 1.31. The number of amides is 1. The first-order valence-electron chi connectivity index (χ1n) is 9.63. The van der Waals surface area contributed by atoms with Gasteiger partial charge in [0.15, 0.2) is 0 Å². The molecular weight excluding hydrogens is 412 g/mol. The minimum absolute atomic E-state index is 0.0776. The Hall–Kier alpha value is -3.45. The molecule has 0 spiro atoms. The molecule has 0 heterocycles. The molecule has 7 heteroatoms. The van der Waals surface area contributed by atoms with Crippen LogP contribution in [-0.4, -0.2) is 28.8 Å². The highest BCUT2D eigenvalue weighted by molar-refractivity contribution is 6.32. The van der Waals surface area contributed by atoms with Gasteiger partial charge < -0.3 is 5.11 Å². The van der Waals surface area contributed by atoms with Crippen molar-refractivity contribution in [1.82, 2.24) is 10.4 Å². The van der Waals surface area contributed by atoms with E-state index in [9.17, 15) is 9.90 Å². The number of rotatable bonds is 8. The number of nitrogens with one attached hydrogen (secondary N) is 1. The van der Waals surface area contributed by atoms with Gasteiger partial charge in [0.25, 0.3) is 5.91 Å². The van der Waals surface area contributed by atoms with Crippen LogP contribution in [0.15, 0.2) is 84.0 Å². The van der Waals surface area contributed by atoms with Crippen molar-refractivity contribution in [1.29, 1.82) is 0 Å². The van der Waals surface area contributed by atoms with Crippen LogP contribution in [0.4, 0.5) is 0 Å². The van der Waals surface area contributed by atoms with Crippen LogP contribution in [-0.2, 0) is 6.54 Å². The third-order valence-corrected chi connectivity index (χ3v) is 4.71. The van der Waals surface area contributed by atoms with E-state index in [-0.39, 0.29) is 10.8 Å². The second kappa shape index (κ2) is 11.1. The summed E-state index contributed by atoms with van der Waals surface area (Å²) in [5, 5.41) is 15.2. The van der Waals surface area contributed by atoms with E-state index in [0.717, 1.165) is 11.1 Å². The van der Waals surface area contributed by atoms with Crippen molar-refractivity contribution in [2.24, 2.45) is 10.9 Å². The van der Waals surface area contributed by atoms with Crippen molar-refractivity contribution in [2.45, 2.75) is 6.54 Å². The fourth-order valence-corrected chi connectivity index (χ4v) is 2.96. The fourth-order valence-electron chi connectivity index (χ4n) is 2.78. The van der Waals surface area contributed by atoms with Crippen LogP contribution in [0.2, 0.25) is 5.02 Å². The van der Waals surface area contributed by atoms with Gasteiger partial charge >= 0.3 is 0 Å². The number of hydrazine groups is 1. The molecule has 4 N–H and O–H groups in total. The first kappa shape index (κ1) is 22.2. The number of phenols is 1. The molecule has 3 rings (SSSR count). The molecule has 6 nitrogen and oxygen atoms in total. The Labute approximate surface area is 186 Å². The van der Waals surface area contributed by atoms with Gasteiger partial charge in [0.2, 0.25) is 0 Å². The van der Waals surface area contributed by atoms with Crippen LogP contribution < -0.4 is 11.3 Å². The summed E-state index contributed by atoms with van der Waals surface area (Å²) < 4.78 is 0. The van der Waals surface area contributed by atoms with Gasteiger partial charge in [0.05, 0.1) is 11.2 Å². The van der Waals surface area contributed by atoms with Gasteiger partial charge in [-0.2, -0.15) is 5.10 Å². The van der Waals surface area contributed by atoms with Crippen LogP contribution in [0.5, 0.6) is 5.75 Å². The number of aromatic hydroxyl groups is 1. The molecule has 0 unspecified atom stereocenters. The van der Waals surface area contributed by atoms with Crippen molar-refractivity contribution in [2.75, 3.05) is 6.54 Å². The first-order valence-corrected chi connectivity index (χ1v) is 10.0. The molecule has 0 aliphatic heterocycles. The molecule has 1 amide bonds. The predicted molar refractivity (Wildman–Crippen MR) is 125 cm³/mol. The Bertz CT molecular complexity index is 1070. The minimum Gasteiger partial charge on any atom is -0.506 e. The van der Waals surface area contributed by atoms with E-state index >= 15 is 0 Å². The Balaban J connectivity index is 1.47. The maximum Gasteiger partial charge on any atom is 0.271 e. The number of nitrogens with zero attached hydrogens (tertiary/aromatic N) is 2. The van der Waals surface area contributed by atoms with Crippen molar-refractivity contribution in [3.8, 4) is 5.75 Å². The Morgan fingerprint density at radius 1 is 1.06 bits per heavy atom. The third kappa shape index (κ3) is 7.08. The predicted octanol–water partition coefficient (Wildman–Crippen LogP) is 4.20. The number of benzene rings is 3. The molecule has 31 heavy (non-hydrogen) atoms. The summed E-state index contributed by atoms with van der Waals surface area (Å²) in [6.07, 6.45) is 5.56. The van der Waals surface area contributed by atoms with Crippen LogP contribution in [0, 0.1) is 0 Å². The highest BCUT2D eigenvalue weighted by Crippen LogP contribution is 2.23. The van der Waals surface area contributed by atoms with Crippen LogP contribution >= 0.6 is 11.6 Å². The zero-order valence-electron chi connectivity index (χ0n) is 16.8. The van der Waals surface area contributed by atoms with Crippen molar-refractivity contribution in [3.05, 3.63) is 106 Å². The topological polar surface area (TPSA) is 91.0 Å². The van der Waals surface area contributed by atoms with E-state index in [4.69, 9.17) is 17.4 Å². The largest absolute Gasteiger partial charge is 0.506 e. The summed E-state index contributed by atoms with van der Waals surface area (Å²) >= 11 is 5.81. The number of hydrogen-bond acceptors (Lipinski definition) is 5. The summed E-state index contributed by atoms with van der Waals surface area (Å²) in [4.78, 5) is 12.1. The number of hydrazone groups is 1. The van der Waals surface area contributed by atoms with Crippen molar-refractivity contribution < 1.29 is 9.90 Å². The summed E-state index contributed by atoms with van der Waals surface area (Å²) in [5.74, 6) is 5.55. The second-order valence-corrected chi connectivity index (χ2v) is 7.26. The fraction of sp³-hybridized carbons (Fsp3) is 0.0833. The molecule has 158 valence electrons. The van der Waals surface area contributed by atoms with Gasteiger partial charge in [0, 0.05) is 18.7 Å². The first-order chi connectivity index (χ1) is 15.0. The van der Waals surface area contributed by atoms with Gasteiger partial charge in [-0.05, 0) is 34.9 Å². The number of halogens is 1. The zero-order valence-corrected chi connectivity index (χ0v) is 17.5. The summed E-state index contributed by atoms with van der Waals surface area (Å²) in [6, 6.07) is 22.0. The molecule has 0 atom stereocenters. The lowest BCUT2D eigenvalue weighted by Gasteiger charge is -2.13. The second-order valence-electron chi connectivity index (χ2n) is 6.85. The number of nitrogens with two attached hydrogens (primary N) is 1. The van der Waals surface area contributed by atoms with E-state index in [1.807, 2.05) is 66.7 Å². The molecule has 3 aromatic carbocycles. The van der Waals surface area contributed by atoms with Gasteiger partial charge in [0.1, 0.15) is 5.75 Å². The van der Waals surface area contributed by atoms with Crippen molar-refractivity contribution in [3.63, 3.8) is 0 Å². The molecule has 0 aromatic heterocycles. The van der Waals surface area contributed by atoms with E-state index in [1.54, 1.807) is 11.2 Å². The van der Waals surface area contributed by atoms with Gasteiger partial charge in [-0.3, -0.25) is 10.6 Å². The van der Waals surface area contributed by atoms with Gasteiger partial charge in [-0.15, -0.1) is 0 Å². The van der Waals surface area contributed by atoms with Gasteiger partial charge in [-0.25, -0.2) is 10.4 Å². The summed E-state index contributed by atoms with van der Waals surface area (Å²) in [7, 11) is 0. The number of hydrogen-bond donors (Lipinski definition) is 3. The average molecular weight is 435 g/mol. The SMILES string of the molecule is NN(CC=Cc1ccc(C=NNC(=O)c2ccc(O)c(Cl)c2)cc1)Cc1ccccc1. The van der Waals surface area contributed by atoms with E-state index < -0.39 is 5.91 Å². The van der Waals surface area contributed by atoms with Crippen LogP contribution in [0.25, 0.3) is 6.08 Å². The maximum atomic E-state index is 12.1. The molecular formula is C24H23ClN4O2. The monoisotopic (exact) mass is 434 g/mol. The van der Waals surface area contributed by atoms with Crippen LogP contribution in [0.1, 0.15) is 27.0 Å². The lowest BCUT2D eigenvalue weighted by Crippen LogP contribution is -2.30. The maximum absolute atomic E-state index is 12.1. The molecule has 0 fully saturated rings. The van der Waals surface area contributed by atoms with E-state index in [1.165, 1.54) is 23.8 Å². The number of carbonyl (C=O) groups is 1. The Morgan fingerprint density at radius 3 is 2.48 bits per heavy atom. The third-order valence-electron chi connectivity index (χ3n) is 4.40. The quantitative estimate of drug-likeness (QED) is 0.281. The lowest BCUT2D eigenvalue weighted by molar-refractivity contribution is 0.0955. The van der Waals surface area contributed by atoms with E-state index in [2.05, 4.69) is 10.5 Å². The molecule has 0 bridgehead atoms.